The van der Waals surface area contributed by atoms with Crippen molar-refractivity contribution >= 4 is 24.1 Å². The topological polar surface area (TPSA) is 147 Å². The Balaban J connectivity index is 1.64. The van der Waals surface area contributed by atoms with Gasteiger partial charge in [0.2, 0.25) is 24.0 Å². The summed E-state index contributed by atoms with van der Waals surface area (Å²) < 4.78 is 16.1. The van der Waals surface area contributed by atoms with Crippen LogP contribution in [0.15, 0.2) is 12.1 Å². The van der Waals surface area contributed by atoms with E-state index in [1.807, 2.05) is 20.8 Å². The highest BCUT2D eigenvalue weighted by Crippen LogP contribution is 2.38. The van der Waals surface area contributed by atoms with Crippen molar-refractivity contribution in [1.82, 2.24) is 20.6 Å². The van der Waals surface area contributed by atoms with Crippen LogP contribution in [0.3, 0.4) is 0 Å². The first-order valence-corrected chi connectivity index (χ1v) is 15.0. The minimum Gasteiger partial charge on any atom is -0.493 e. The molecule has 1 aliphatic carbocycles. The van der Waals surface area contributed by atoms with Gasteiger partial charge in [-0.2, -0.15) is 0 Å². The SMILES string of the molecule is COc1cc(C(=O)NC2CCN(C(=O)[C@@H](NC(=O)[C@H](CC3CCCC3)CN(O)C=O)C(C)(C)C)CC2)cc(OC)c1OC. The van der Waals surface area contributed by atoms with Crippen LogP contribution in [-0.2, 0) is 14.4 Å². The molecule has 1 saturated heterocycles. The summed E-state index contributed by atoms with van der Waals surface area (Å²) in [6.45, 7) is 6.42. The molecule has 0 radical (unpaired) electrons. The molecule has 0 aromatic heterocycles. The van der Waals surface area contributed by atoms with Gasteiger partial charge in [-0.25, -0.2) is 5.06 Å². The molecule has 12 nitrogen and oxygen atoms in total. The number of nitrogens with one attached hydrogen (secondary N) is 2. The number of nitrogens with zero attached hydrogens (tertiary/aromatic N) is 2. The number of carbonyl (C=O) groups is 4. The molecule has 3 rings (SSSR count). The Morgan fingerprint density at radius 2 is 1.60 bits per heavy atom. The van der Waals surface area contributed by atoms with Crippen molar-refractivity contribution < 1.29 is 38.6 Å². The van der Waals surface area contributed by atoms with Gasteiger partial charge in [0, 0.05) is 24.7 Å². The molecule has 0 unspecified atom stereocenters. The highest BCUT2D eigenvalue weighted by molar-refractivity contribution is 5.96. The lowest BCUT2D eigenvalue weighted by molar-refractivity contribution is -0.156. The fourth-order valence-corrected chi connectivity index (χ4v) is 6.00. The molecule has 43 heavy (non-hydrogen) atoms. The summed E-state index contributed by atoms with van der Waals surface area (Å²) in [5.41, 5.74) is -0.210. The quantitative estimate of drug-likeness (QED) is 0.177. The third-order valence-electron chi connectivity index (χ3n) is 8.46. The smallest absolute Gasteiger partial charge is 0.251 e. The van der Waals surface area contributed by atoms with Gasteiger partial charge in [-0.1, -0.05) is 46.5 Å². The van der Waals surface area contributed by atoms with Crippen LogP contribution in [0.25, 0.3) is 0 Å². The first-order chi connectivity index (χ1) is 20.4. The molecule has 3 N–H and O–H groups in total. The third kappa shape index (κ3) is 8.98. The lowest BCUT2D eigenvalue weighted by Gasteiger charge is -2.39. The van der Waals surface area contributed by atoms with E-state index in [9.17, 15) is 24.4 Å². The van der Waals surface area contributed by atoms with E-state index < -0.39 is 17.4 Å². The summed E-state index contributed by atoms with van der Waals surface area (Å²) in [5, 5.41) is 16.4. The van der Waals surface area contributed by atoms with Crippen LogP contribution in [0.2, 0.25) is 0 Å². The molecule has 2 atom stereocenters. The van der Waals surface area contributed by atoms with Gasteiger partial charge in [0.15, 0.2) is 11.5 Å². The van der Waals surface area contributed by atoms with Crippen molar-refractivity contribution in [3.05, 3.63) is 17.7 Å². The van der Waals surface area contributed by atoms with E-state index in [0.29, 0.717) is 72.6 Å². The van der Waals surface area contributed by atoms with Gasteiger partial charge >= 0.3 is 0 Å². The maximum Gasteiger partial charge on any atom is 0.251 e. The summed E-state index contributed by atoms with van der Waals surface area (Å²) in [6, 6.07) is 2.25. The number of carbonyl (C=O) groups excluding carboxylic acids is 4. The zero-order chi connectivity index (χ0) is 31.7. The Morgan fingerprint density at radius 3 is 2.09 bits per heavy atom. The van der Waals surface area contributed by atoms with Crippen molar-refractivity contribution in [2.24, 2.45) is 17.3 Å². The predicted molar refractivity (Wildman–Crippen MR) is 159 cm³/mol. The predicted octanol–water partition coefficient (Wildman–Crippen LogP) is 3.01. The number of hydroxylamine groups is 2. The van der Waals surface area contributed by atoms with E-state index in [1.54, 1.807) is 17.0 Å². The van der Waals surface area contributed by atoms with Gasteiger partial charge in [-0.15, -0.1) is 0 Å². The van der Waals surface area contributed by atoms with Crippen molar-refractivity contribution in [3.8, 4) is 17.2 Å². The Labute approximate surface area is 254 Å². The number of piperidine rings is 1. The normalized spacial score (nSPS) is 17.5. The Kier molecular flexibility index (Phi) is 12.1. The molecule has 0 spiro atoms. The largest absolute Gasteiger partial charge is 0.493 e. The van der Waals surface area contributed by atoms with Gasteiger partial charge in [-0.05, 0) is 42.7 Å². The second-order valence-electron chi connectivity index (χ2n) is 12.6. The highest BCUT2D eigenvalue weighted by Gasteiger charge is 2.39. The molecule has 1 saturated carbocycles. The van der Waals surface area contributed by atoms with E-state index in [-0.39, 0.29) is 30.3 Å². The minimum absolute atomic E-state index is 0.117. The molecule has 1 aliphatic heterocycles. The number of benzene rings is 1. The molecule has 0 bridgehead atoms. The Hall–Kier alpha value is -3.54. The van der Waals surface area contributed by atoms with Crippen LogP contribution in [0, 0.1) is 17.3 Å². The highest BCUT2D eigenvalue weighted by atomic mass is 16.5. The zero-order valence-corrected chi connectivity index (χ0v) is 26.3. The first-order valence-electron chi connectivity index (χ1n) is 15.0. The van der Waals surface area contributed by atoms with Gasteiger partial charge in [0.25, 0.3) is 5.91 Å². The van der Waals surface area contributed by atoms with Crippen LogP contribution in [0.5, 0.6) is 17.2 Å². The summed E-state index contributed by atoms with van der Waals surface area (Å²) in [7, 11) is 4.47. The summed E-state index contributed by atoms with van der Waals surface area (Å²) >= 11 is 0. The van der Waals surface area contributed by atoms with Crippen LogP contribution < -0.4 is 24.8 Å². The number of ether oxygens (including phenoxy) is 3. The van der Waals surface area contributed by atoms with E-state index in [4.69, 9.17) is 14.2 Å². The van der Waals surface area contributed by atoms with Crippen LogP contribution in [0.1, 0.15) is 76.1 Å². The van der Waals surface area contributed by atoms with Crippen molar-refractivity contribution in [2.75, 3.05) is 41.0 Å². The molecule has 2 aliphatic rings. The Morgan fingerprint density at radius 1 is 1.02 bits per heavy atom. The fraction of sp³-hybridized carbons (Fsp3) is 0.677. The number of rotatable bonds is 13. The molecule has 2 fully saturated rings. The van der Waals surface area contributed by atoms with Crippen molar-refractivity contribution in [3.63, 3.8) is 0 Å². The van der Waals surface area contributed by atoms with E-state index in [1.165, 1.54) is 21.3 Å². The fourth-order valence-electron chi connectivity index (χ4n) is 6.00. The maximum atomic E-state index is 13.7. The van der Waals surface area contributed by atoms with Crippen molar-refractivity contribution in [2.45, 2.75) is 77.8 Å². The third-order valence-corrected chi connectivity index (χ3v) is 8.46. The molecule has 12 heteroatoms. The Bertz CT molecular complexity index is 1100. The lowest BCUT2D eigenvalue weighted by atomic mass is 9.84. The summed E-state index contributed by atoms with van der Waals surface area (Å²) in [4.78, 5) is 53.1. The number of methoxy groups -OCH3 is 3. The number of likely N-dealkylation sites (tertiary alicyclic amines) is 1. The first kappa shape index (κ1) is 34.0. The number of amides is 4. The maximum absolute atomic E-state index is 13.7. The minimum atomic E-state index is -0.792. The number of hydrogen-bond donors (Lipinski definition) is 3. The summed E-state index contributed by atoms with van der Waals surface area (Å²) in [6.07, 6.45) is 6.21. The molecular weight excluding hydrogens is 556 g/mol. The summed E-state index contributed by atoms with van der Waals surface area (Å²) in [5.74, 6) is 0.0827. The molecular formula is C31H48N4O8. The average Bonchev–Trinajstić information content (AvgIpc) is 3.51. The lowest BCUT2D eigenvalue weighted by Crippen LogP contribution is -2.58. The van der Waals surface area contributed by atoms with Crippen LogP contribution >= 0.6 is 0 Å². The van der Waals surface area contributed by atoms with Crippen LogP contribution in [-0.4, -0.2) is 92.3 Å². The number of hydrogen-bond acceptors (Lipinski definition) is 8. The molecule has 1 heterocycles. The van der Waals surface area contributed by atoms with Gasteiger partial charge in [0.1, 0.15) is 6.04 Å². The standard InChI is InChI=1S/C31H48N4O8/c1-31(2,3)27(33-29(38)22(18-35(40)19-36)15-20-9-7-8-10-20)30(39)34-13-11-23(12-14-34)32-28(37)21-16-24(41-4)26(43-6)25(17-21)42-5/h16-17,19-20,22-23,27,40H,7-15,18H2,1-6H3,(H,32,37)(H,33,38)/t22-,27-/m1/s1. The second-order valence-corrected chi connectivity index (χ2v) is 12.6. The van der Waals surface area contributed by atoms with Crippen molar-refractivity contribution in [1.29, 1.82) is 0 Å². The van der Waals surface area contributed by atoms with Gasteiger partial charge < -0.3 is 29.7 Å². The van der Waals surface area contributed by atoms with E-state index in [0.717, 1.165) is 25.7 Å². The van der Waals surface area contributed by atoms with E-state index in [2.05, 4.69) is 10.6 Å². The molecule has 4 amide bonds. The van der Waals surface area contributed by atoms with Crippen LogP contribution in [0.4, 0.5) is 0 Å². The van der Waals surface area contributed by atoms with Gasteiger partial charge in [0.05, 0.1) is 33.8 Å². The molecule has 1 aromatic carbocycles. The van der Waals surface area contributed by atoms with Gasteiger partial charge in [-0.3, -0.25) is 24.4 Å². The second kappa shape index (κ2) is 15.3. The van der Waals surface area contributed by atoms with E-state index >= 15 is 0 Å². The zero-order valence-electron chi connectivity index (χ0n) is 26.3. The average molecular weight is 605 g/mol. The monoisotopic (exact) mass is 604 g/mol. The molecule has 240 valence electrons. The molecule has 1 aromatic rings.